The van der Waals surface area contributed by atoms with Crippen LogP contribution in [0.5, 0.6) is 11.5 Å². The van der Waals surface area contributed by atoms with Gasteiger partial charge in [-0.2, -0.15) is 0 Å². The first-order chi connectivity index (χ1) is 7.07. The molecule has 0 amide bonds. The summed E-state index contributed by atoms with van der Waals surface area (Å²) < 4.78 is 0. The molecule has 1 aromatic rings. The number of aliphatic hydroxyl groups is 2. The minimum absolute atomic E-state index is 0.109. The van der Waals surface area contributed by atoms with Gasteiger partial charge in [0.05, 0.1) is 6.10 Å². The van der Waals surface area contributed by atoms with Crippen LogP contribution in [0.4, 0.5) is 0 Å². The molecule has 5 heteroatoms. The molecule has 0 aliphatic carbocycles. The summed E-state index contributed by atoms with van der Waals surface area (Å²) in [5.74, 6) is -0.719. The summed E-state index contributed by atoms with van der Waals surface area (Å²) >= 11 is 0. The molecule has 0 aliphatic rings. The number of likely N-dealkylation sites (N-methyl/N-ethyl adjacent to an activating group) is 1. The van der Waals surface area contributed by atoms with Crippen molar-refractivity contribution in [3.05, 3.63) is 23.8 Å². The van der Waals surface area contributed by atoms with E-state index < -0.39 is 18.0 Å². The standard InChI is InChI=1S/C10H15NO4/c1-11-5-8(13)10(15)6-3-2-4-7(12)9(6)14/h2-4,8,10-15H,5H2,1H3. The third-order valence-corrected chi connectivity index (χ3v) is 2.14. The molecule has 0 aliphatic heterocycles. The summed E-state index contributed by atoms with van der Waals surface area (Å²) in [5, 5.41) is 40.5. The van der Waals surface area contributed by atoms with Crippen LogP contribution in [-0.4, -0.2) is 40.1 Å². The van der Waals surface area contributed by atoms with Crippen LogP contribution in [-0.2, 0) is 0 Å². The molecule has 0 radical (unpaired) electrons. The van der Waals surface area contributed by atoms with E-state index in [1.54, 1.807) is 7.05 Å². The molecule has 1 aromatic carbocycles. The lowest BCUT2D eigenvalue weighted by Gasteiger charge is -2.18. The predicted octanol–water partition coefficient (Wildman–Crippen LogP) is -0.289. The molecule has 2 atom stereocenters. The van der Waals surface area contributed by atoms with Crippen LogP contribution in [0, 0.1) is 0 Å². The van der Waals surface area contributed by atoms with E-state index in [4.69, 9.17) is 0 Å². The highest BCUT2D eigenvalue weighted by molar-refractivity contribution is 5.45. The van der Waals surface area contributed by atoms with E-state index in [0.717, 1.165) is 0 Å². The van der Waals surface area contributed by atoms with Crippen LogP contribution in [0.1, 0.15) is 11.7 Å². The largest absolute Gasteiger partial charge is 0.504 e. The smallest absolute Gasteiger partial charge is 0.163 e. The van der Waals surface area contributed by atoms with E-state index in [1.807, 2.05) is 0 Å². The van der Waals surface area contributed by atoms with Crippen molar-refractivity contribution in [1.82, 2.24) is 5.32 Å². The van der Waals surface area contributed by atoms with E-state index in [9.17, 15) is 20.4 Å². The van der Waals surface area contributed by atoms with Gasteiger partial charge in [0.1, 0.15) is 6.10 Å². The zero-order valence-electron chi connectivity index (χ0n) is 8.38. The highest BCUT2D eigenvalue weighted by Gasteiger charge is 2.21. The molecule has 5 nitrogen and oxygen atoms in total. The van der Waals surface area contributed by atoms with E-state index in [1.165, 1.54) is 18.2 Å². The Balaban J connectivity index is 2.90. The van der Waals surface area contributed by atoms with Crippen molar-refractivity contribution in [1.29, 1.82) is 0 Å². The first kappa shape index (κ1) is 11.8. The van der Waals surface area contributed by atoms with Crippen molar-refractivity contribution < 1.29 is 20.4 Å². The van der Waals surface area contributed by atoms with Crippen molar-refractivity contribution in [3.8, 4) is 11.5 Å². The molecule has 0 saturated carbocycles. The number of phenols is 2. The number of aromatic hydroxyl groups is 2. The second-order valence-corrected chi connectivity index (χ2v) is 3.28. The van der Waals surface area contributed by atoms with Crippen LogP contribution >= 0.6 is 0 Å². The van der Waals surface area contributed by atoms with Gasteiger partial charge < -0.3 is 25.7 Å². The number of phenolic OH excluding ortho intramolecular Hbond substituents is 2. The lowest BCUT2D eigenvalue weighted by molar-refractivity contribution is 0.0187. The zero-order valence-corrected chi connectivity index (χ0v) is 8.38. The van der Waals surface area contributed by atoms with E-state index in [-0.39, 0.29) is 17.9 Å². The van der Waals surface area contributed by atoms with Gasteiger partial charge >= 0.3 is 0 Å². The Morgan fingerprint density at radius 2 is 1.93 bits per heavy atom. The molecule has 0 bridgehead atoms. The first-order valence-electron chi connectivity index (χ1n) is 4.59. The summed E-state index contributed by atoms with van der Waals surface area (Å²) in [6.07, 6.45) is -2.27. The minimum Gasteiger partial charge on any atom is -0.504 e. The molecule has 0 heterocycles. The second kappa shape index (κ2) is 4.97. The highest BCUT2D eigenvalue weighted by atomic mass is 16.3. The lowest BCUT2D eigenvalue weighted by Crippen LogP contribution is -2.29. The number of hydrogen-bond acceptors (Lipinski definition) is 5. The Bertz CT molecular complexity index is 329. The number of rotatable bonds is 4. The molecule has 2 unspecified atom stereocenters. The number of benzene rings is 1. The molecule has 5 N–H and O–H groups in total. The van der Waals surface area contributed by atoms with Crippen molar-refractivity contribution >= 4 is 0 Å². The quantitative estimate of drug-likeness (QED) is 0.443. The molecule has 0 aromatic heterocycles. The van der Waals surface area contributed by atoms with E-state index in [2.05, 4.69) is 5.32 Å². The number of para-hydroxylation sites is 1. The number of aliphatic hydroxyl groups excluding tert-OH is 2. The Morgan fingerprint density at radius 3 is 2.53 bits per heavy atom. The van der Waals surface area contributed by atoms with Gasteiger partial charge in [-0.05, 0) is 13.1 Å². The highest BCUT2D eigenvalue weighted by Crippen LogP contribution is 2.33. The lowest BCUT2D eigenvalue weighted by atomic mass is 10.0. The van der Waals surface area contributed by atoms with Gasteiger partial charge in [-0.1, -0.05) is 12.1 Å². The minimum atomic E-state index is -1.23. The van der Waals surface area contributed by atoms with Gasteiger partial charge in [-0.3, -0.25) is 0 Å². The molecule has 0 spiro atoms. The van der Waals surface area contributed by atoms with Crippen molar-refractivity contribution in [2.45, 2.75) is 12.2 Å². The van der Waals surface area contributed by atoms with Crippen LogP contribution in [0.3, 0.4) is 0 Å². The van der Waals surface area contributed by atoms with Gasteiger partial charge in [-0.25, -0.2) is 0 Å². The van der Waals surface area contributed by atoms with E-state index >= 15 is 0 Å². The zero-order chi connectivity index (χ0) is 11.4. The van der Waals surface area contributed by atoms with Crippen LogP contribution in [0.15, 0.2) is 18.2 Å². The van der Waals surface area contributed by atoms with Gasteiger partial charge in [-0.15, -0.1) is 0 Å². The number of nitrogens with one attached hydrogen (secondary N) is 1. The molecule has 15 heavy (non-hydrogen) atoms. The Kier molecular flexibility index (Phi) is 3.90. The van der Waals surface area contributed by atoms with Crippen molar-refractivity contribution in [2.24, 2.45) is 0 Å². The molecule has 0 fully saturated rings. The second-order valence-electron chi connectivity index (χ2n) is 3.28. The summed E-state index contributed by atoms with van der Waals surface area (Å²) in [6, 6.07) is 4.23. The maximum atomic E-state index is 9.66. The average Bonchev–Trinajstić information content (AvgIpc) is 2.21. The van der Waals surface area contributed by atoms with Crippen LogP contribution < -0.4 is 5.32 Å². The Morgan fingerprint density at radius 1 is 1.27 bits per heavy atom. The Hall–Kier alpha value is -1.30. The summed E-state index contributed by atoms with van der Waals surface area (Å²) in [4.78, 5) is 0. The van der Waals surface area contributed by atoms with Crippen molar-refractivity contribution in [2.75, 3.05) is 13.6 Å². The summed E-state index contributed by atoms with van der Waals surface area (Å²) in [7, 11) is 1.64. The average molecular weight is 213 g/mol. The molecular weight excluding hydrogens is 198 g/mol. The molecular formula is C10H15NO4. The topological polar surface area (TPSA) is 93.0 Å². The molecule has 84 valence electrons. The maximum absolute atomic E-state index is 9.66. The van der Waals surface area contributed by atoms with E-state index in [0.29, 0.717) is 0 Å². The predicted molar refractivity (Wildman–Crippen MR) is 54.7 cm³/mol. The van der Waals surface area contributed by atoms with Crippen LogP contribution in [0.2, 0.25) is 0 Å². The maximum Gasteiger partial charge on any atom is 0.163 e. The number of hydrogen-bond donors (Lipinski definition) is 5. The molecule has 0 saturated heterocycles. The third kappa shape index (κ3) is 2.59. The monoisotopic (exact) mass is 213 g/mol. The van der Waals surface area contributed by atoms with Gasteiger partial charge in [0.2, 0.25) is 0 Å². The van der Waals surface area contributed by atoms with Crippen molar-refractivity contribution in [3.63, 3.8) is 0 Å². The first-order valence-corrected chi connectivity index (χ1v) is 4.59. The van der Waals surface area contributed by atoms with Gasteiger partial charge in [0.25, 0.3) is 0 Å². The fourth-order valence-corrected chi connectivity index (χ4v) is 1.32. The fraction of sp³-hybridized carbons (Fsp3) is 0.400. The molecule has 1 rings (SSSR count). The van der Waals surface area contributed by atoms with Crippen LogP contribution in [0.25, 0.3) is 0 Å². The SMILES string of the molecule is CNCC(O)C(O)c1cccc(O)c1O. The summed E-state index contributed by atoms with van der Waals surface area (Å²) in [6.45, 7) is 0.191. The summed E-state index contributed by atoms with van der Waals surface area (Å²) in [5.41, 5.74) is 0.109. The fourth-order valence-electron chi connectivity index (χ4n) is 1.32. The Labute approximate surface area is 87.6 Å². The van der Waals surface area contributed by atoms with Gasteiger partial charge in [0, 0.05) is 12.1 Å². The normalized spacial score (nSPS) is 14.9. The van der Waals surface area contributed by atoms with Gasteiger partial charge in [0.15, 0.2) is 11.5 Å². The third-order valence-electron chi connectivity index (χ3n) is 2.14.